The Morgan fingerprint density at radius 1 is 0.514 bits per heavy atom. The lowest BCUT2D eigenvalue weighted by Gasteiger charge is -2.38. The first kappa shape index (κ1) is 50.0. The molecule has 0 bridgehead atoms. The molecular formula is C59H60BN2O5PS4. The van der Waals surface area contributed by atoms with Crippen molar-refractivity contribution in [3.8, 4) is 51.3 Å². The van der Waals surface area contributed by atoms with E-state index in [-0.39, 0.29) is 13.2 Å². The molecule has 9 aromatic rings. The molecule has 0 spiro atoms. The predicted octanol–water partition coefficient (Wildman–Crippen LogP) is 14.6. The second kappa shape index (κ2) is 19.7. The van der Waals surface area contributed by atoms with Gasteiger partial charge in [-0.15, -0.1) is 50.4 Å². The number of rotatable bonds is 15. The Morgan fingerprint density at radius 3 is 1.43 bits per heavy atom. The van der Waals surface area contributed by atoms with Crippen molar-refractivity contribution in [1.29, 1.82) is 0 Å². The van der Waals surface area contributed by atoms with Crippen molar-refractivity contribution in [2.45, 2.75) is 69.2 Å². The zero-order chi connectivity index (χ0) is 50.8. The average Bonchev–Trinajstić information content (AvgIpc) is 4.19. The summed E-state index contributed by atoms with van der Waals surface area (Å²) in [6.45, 7) is 22.2. The highest BCUT2D eigenvalue weighted by atomic mass is 32.1. The van der Waals surface area contributed by atoms with E-state index in [1.165, 1.54) is 95.7 Å². The first-order valence-electron chi connectivity index (χ1n) is 24.4. The summed E-state index contributed by atoms with van der Waals surface area (Å²) in [5, 5.41) is 1.09. The molecular weight excluding hydrogens is 987 g/mol. The fourth-order valence-electron chi connectivity index (χ4n) is 11.4. The second-order valence-electron chi connectivity index (χ2n) is 19.0. The number of hydrogen-bond donors (Lipinski definition) is 0. The van der Waals surface area contributed by atoms with Crippen LogP contribution in [0.15, 0.2) is 121 Å². The fraction of sp³-hybridized carbons (Fsp3) is 0.237. The highest BCUT2D eigenvalue weighted by molar-refractivity contribution is 7.69. The molecule has 5 heterocycles. The van der Waals surface area contributed by atoms with Crippen molar-refractivity contribution < 1.29 is 27.6 Å². The van der Waals surface area contributed by atoms with E-state index in [1.807, 2.05) is 72.1 Å². The Labute approximate surface area is 440 Å². The molecule has 4 aromatic heterocycles. The molecule has 0 N–H and O–H groups in total. The van der Waals surface area contributed by atoms with Gasteiger partial charge in [-0.1, -0.05) is 87.2 Å². The Kier molecular flexibility index (Phi) is 13.7. The lowest BCUT2D eigenvalue weighted by atomic mass is 9.23. The largest absolute Gasteiger partial charge is 0.497 e. The molecule has 0 aliphatic carbocycles. The Morgan fingerprint density at radius 2 is 0.944 bits per heavy atom. The third-order valence-electron chi connectivity index (χ3n) is 14.0. The van der Waals surface area contributed by atoms with Crippen LogP contribution in [0.3, 0.4) is 0 Å². The Hall–Kier alpha value is -5.56. The molecule has 0 atom stereocenters. The normalized spacial score (nSPS) is 12.8. The van der Waals surface area contributed by atoms with Gasteiger partial charge in [-0.05, 0) is 159 Å². The summed E-state index contributed by atoms with van der Waals surface area (Å²) in [7, 11) is -0.235. The van der Waals surface area contributed by atoms with Crippen LogP contribution in [0.4, 0.5) is 17.1 Å². The van der Waals surface area contributed by atoms with Crippen molar-refractivity contribution in [3.63, 3.8) is 0 Å². The first-order valence-corrected chi connectivity index (χ1v) is 29.3. The average molecular weight is 1050 g/mol. The maximum Gasteiger partial charge on any atom is 0.377 e. The van der Waals surface area contributed by atoms with Gasteiger partial charge in [0.2, 0.25) is 5.01 Å². The van der Waals surface area contributed by atoms with E-state index in [0.29, 0.717) is 4.62 Å². The van der Waals surface area contributed by atoms with Gasteiger partial charge in [0.15, 0.2) is 4.62 Å². The second-order valence-corrected chi connectivity index (χ2v) is 25.5. The molecule has 0 saturated heterocycles. The van der Waals surface area contributed by atoms with Gasteiger partial charge in [0.1, 0.15) is 17.7 Å². The van der Waals surface area contributed by atoms with Crippen LogP contribution in [0.2, 0.25) is 0 Å². The summed E-state index contributed by atoms with van der Waals surface area (Å²) in [5.41, 5.74) is 18.2. The summed E-state index contributed by atoms with van der Waals surface area (Å²) < 4.78 is 40.9. The Balaban J connectivity index is 1.07. The number of aromatic nitrogens is 1. The molecule has 0 fully saturated rings. The molecule has 1 aliphatic heterocycles. The zero-order valence-electron chi connectivity index (χ0n) is 43.1. The predicted molar refractivity (Wildman–Crippen MR) is 309 cm³/mol. The quantitative estimate of drug-likeness (QED) is 0.0753. The van der Waals surface area contributed by atoms with E-state index in [1.54, 1.807) is 25.6 Å². The number of hydrogen-bond acceptors (Lipinski definition) is 10. The van der Waals surface area contributed by atoms with Crippen LogP contribution in [-0.4, -0.2) is 33.7 Å². The highest BCUT2D eigenvalue weighted by Gasteiger charge is 2.56. The van der Waals surface area contributed by atoms with Crippen LogP contribution >= 0.6 is 52.9 Å². The maximum absolute atomic E-state index is 14.7. The molecule has 0 saturated carbocycles. The molecule has 0 amide bonds. The lowest BCUT2D eigenvalue weighted by Crippen LogP contribution is -2.84. The molecule has 7 nitrogen and oxygen atoms in total. The lowest BCUT2D eigenvalue weighted by molar-refractivity contribution is -0.517. The first-order chi connectivity index (χ1) is 34.6. The van der Waals surface area contributed by atoms with Gasteiger partial charge in [-0.2, -0.15) is 0 Å². The smallest absolute Gasteiger partial charge is 0.377 e. The summed E-state index contributed by atoms with van der Waals surface area (Å²) in [5.74, 6) is 1.63. The zero-order valence-corrected chi connectivity index (χ0v) is 47.2. The van der Waals surface area contributed by atoms with Gasteiger partial charge in [0.05, 0.1) is 32.3 Å². The minimum absolute atomic E-state index is 0.286. The summed E-state index contributed by atoms with van der Waals surface area (Å²) in [4.78, 5) is 9.75. The number of aryl methyl sites for hydroxylation is 8. The van der Waals surface area contributed by atoms with Crippen molar-refractivity contribution in [2.24, 2.45) is 0 Å². The van der Waals surface area contributed by atoms with Gasteiger partial charge in [0.25, 0.3) is 0 Å². The summed E-state index contributed by atoms with van der Waals surface area (Å²) >= 11 is 7.14. The standard InChI is InChI=1S/C59H60BN2O5PS4/c1-13-66-68(63,67-14-2)53-34-61-59(72-53)58-49(60(61,54-37(5)27-35(3)28-38(54)6)55-39(7)29-36(4)30-40(55)8)33-51(70-58)50-31-42(10)57(69-50)52-32-41(9)56(71-52)43-15-17-44(18-16-43)62(45-19-23-47(64-11)24-20-45)46-21-25-48(65-12)26-22-46/h15-34H,13-14H2,1-12H3. The number of nitrogens with zero attached hydrogens (tertiary/aromatic N) is 2. The van der Waals surface area contributed by atoms with E-state index in [4.69, 9.17) is 18.5 Å². The number of ether oxygens (including phenoxy) is 2. The van der Waals surface area contributed by atoms with Crippen LogP contribution < -0.4 is 39.9 Å². The van der Waals surface area contributed by atoms with Gasteiger partial charge < -0.3 is 27.9 Å². The molecule has 1 aliphatic rings. The Bertz CT molecular complexity index is 3390. The van der Waals surface area contributed by atoms with E-state index >= 15 is 0 Å². The van der Waals surface area contributed by atoms with E-state index in [0.717, 1.165) is 33.6 Å². The van der Waals surface area contributed by atoms with Gasteiger partial charge >= 0.3 is 13.9 Å². The summed E-state index contributed by atoms with van der Waals surface area (Å²) in [6.07, 6.45) is 0.288. The maximum atomic E-state index is 14.7. The van der Waals surface area contributed by atoms with Crippen molar-refractivity contribution in [3.05, 3.63) is 166 Å². The molecule has 10 rings (SSSR count). The molecule has 0 unspecified atom stereocenters. The summed E-state index contributed by atoms with van der Waals surface area (Å²) in [6, 6.07) is 41.8. The number of fused-ring (bicyclic) bond motifs is 3. The SMILES string of the molecule is CCOP(=O)(OCC)c1c[n+]2c(s1)-c1sc(-c3cc(C)c(-c4cc(C)c(-c5ccc(N(c6ccc(OC)cc6)c6ccc(OC)cc6)cc5)s4)s3)cc1[B-]2(c1c(C)cc(C)cc1C)c1c(C)cc(C)cc1C. The van der Waals surface area contributed by atoms with Crippen molar-refractivity contribution in [2.75, 3.05) is 32.3 Å². The van der Waals surface area contributed by atoms with Crippen LogP contribution in [0.25, 0.3) is 39.8 Å². The number of thiazole rings is 1. The van der Waals surface area contributed by atoms with Gasteiger partial charge in [-0.3, -0.25) is 4.57 Å². The molecule has 5 aromatic carbocycles. The third-order valence-corrected chi connectivity index (χ3v) is 21.9. The number of anilines is 3. The fourth-order valence-corrected chi connectivity index (χ4v) is 18.6. The van der Waals surface area contributed by atoms with Crippen LogP contribution in [0, 0.1) is 55.4 Å². The minimum Gasteiger partial charge on any atom is -0.497 e. The van der Waals surface area contributed by atoms with Gasteiger partial charge in [0, 0.05) is 41.4 Å². The van der Waals surface area contributed by atoms with E-state index in [9.17, 15) is 4.57 Å². The number of benzene rings is 5. The van der Waals surface area contributed by atoms with Crippen LogP contribution in [-0.2, 0) is 13.6 Å². The monoisotopic (exact) mass is 1050 g/mol. The van der Waals surface area contributed by atoms with Crippen LogP contribution in [0.1, 0.15) is 58.4 Å². The molecule has 0 radical (unpaired) electrons. The van der Waals surface area contributed by atoms with E-state index in [2.05, 4.69) is 162 Å². The van der Waals surface area contributed by atoms with Gasteiger partial charge in [-0.25, -0.2) is 0 Å². The van der Waals surface area contributed by atoms with Crippen molar-refractivity contribution in [1.82, 2.24) is 0 Å². The molecule has 13 heteroatoms. The highest BCUT2D eigenvalue weighted by Crippen LogP contribution is 2.52. The number of methoxy groups -OCH3 is 2. The molecule has 72 heavy (non-hydrogen) atoms. The topological polar surface area (TPSA) is 61.1 Å². The van der Waals surface area contributed by atoms with Crippen LogP contribution in [0.5, 0.6) is 11.5 Å². The molecule has 368 valence electrons. The number of thiophene rings is 3. The third kappa shape index (κ3) is 8.52. The van der Waals surface area contributed by atoms with Crippen molar-refractivity contribution >= 4 is 97.3 Å². The minimum atomic E-state index is -3.62. The van der Waals surface area contributed by atoms with E-state index < -0.39 is 13.9 Å².